The SMILES string of the molecule is CC(CCc1ccccc1)NC(C)C1CC2C=CC1C2. The van der Waals surface area contributed by atoms with Crippen LogP contribution in [0.25, 0.3) is 0 Å². The van der Waals surface area contributed by atoms with Crippen molar-refractivity contribution >= 4 is 0 Å². The van der Waals surface area contributed by atoms with Crippen molar-refractivity contribution in [3.63, 3.8) is 0 Å². The molecule has 0 radical (unpaired) electrons. The summed E-state index contributed by atoms with van der Waals surface area (Å²) in [4.78, 5) is 0. The summed E-state index contributed by atoms with van der Waals surface area (Å²) in [5, 5.41) is 3.84. The van der Waals surface area contributed by atoms with Crippen molar-refractivity contribution in [2.24, 2.45) is 17.8 Å². The number of aryl methyl sites for hydroxylation is 1. The van der Waals surface area contributed by atoms with E-state index < -0.39 is 0 Å². The van der Waals surface area contributed by atoms with Crippen molar-refractivity contribution < 1.29 is 0 Å². The molecule has 0 amide bonds. The highest BCUT2D eigenvalue weighted by Gasteiger charge is 2.38. The van der Waals surface area contributed by atoms with Gasteiger partial charge in [-0.15, -0.1) is 0 Å². The van der Waals surface area contributed by atoms with Gasteiger partial charge in [0.05, 0.1) is 0 Å². The fourth-order valence-electron chi connectivity index (χ4n) is 4.08. The first kappa shape index (κ1) is 13.9. The molecule has 2 aliphatic carbocycles. The van der Waals surface area contributed by atoms with E-state index in [-0.39, 0.29) is 0 Å². The molecule has 20 heavy (non-hydrogen) atoms. The Morgan fingerprint density at radius 1 is 1.10 bits per heavy atom. The Morgan fingerprint density at radius 2 is 1.90 bits per heavy atom. The van der Waals surface area contributed by atoms with Crippen molar-refractivity contribution in [2.75, 3.05) is 0 Å². The maximum absolute atomic E-state index is 3.84. The third-order valence-electron chi connectivity index (χ3n) is 5.23. The van der Waals surface area contributed by atoms with Crippen molar-refractivity contribution in [2.45, 2.75) is 51.6 Å². The zero-order valence-electron chi connectivity index (χ0n) is 12.8. The van der Waals surface area contributed by atoms with Gasteiger partial charge >= 0.3 is 0 Å². The van der Waals surface area contributed by atoms with Gasteiger partial charge in [-0.25, -0.2) is 0 Å². The largest absolute Gasteiger partial charge is 0.311 e. The van der Waals surface area contributed by atoms with Crippen LogP contribution in [0.15, 0.2) is 42.5 Å². The second-order valence-electron chi connectivity index (χ2n) is 6.82. The van der Waals surface area contributed by atoms with Crippen LogP contribution in [0, 0.1) is 17.8 Å². The fourth-order valence-corrected chi connectivity index (χ4v) is 4.08. The van der Waals surface area contributed by atoms with E-state index in [1.807, 2.05) is 0 Å². The molecular weight excluding hydrogens is 242 g/mol. The van der Waals surface area contributed by atoms with Gasteiger partial charge in [-0.05, 0) is 62.8 Å². The molecule has 1 aromatic rings. The lowest BCUT2D eigenvalue weighted by Crippen LogP contribution is -2.41. The third-order valence-corrected chi connectivity index (χ3v) is 5.23. The van der Waals surface area contributed by atoms with Crippen molar-refractivity contribution in [3.05, 3.63) is 48.0 Å². The molecule has 0 heterocycles. The molecule has 1 heteroatoms. The van der Waals surface area contributed by atoms with Crippen LogP contribution in [-0.4, -0.2) is 12.1 Å². The summed E-state index contributed by atoms with van der Waals surface area (Å²) in [5.41, 5.74) is 1.46. The first-order chi connectivity index (χ1) is 9.72. The summed E-state index contributed by atoms with van der Waals surface area (Å²) in [6.45, 7) is 4.72. The maximum Gasteiger partial charge on any atom is 0.00753 e. The molecule has 3 rings (SSSR count). The van der Waals surface area contributed by atoms with Gasteiger partial charge in [0, 0.05) is 12.1 Å². The molecule has 1 fully saturated rings. The summed E-state index contributed by atoms with van der Waals surface area (Å²) >= 11 is 0. The van der Waals surface area contributed by atoms with Crippen molar-refractivity contribution in [1.82, 2.24) is 5.32 Å². The number of nitrogens with one attached hydrogen (secondary N) is 1. The lowest BCUT2D eigenvalue weighted by Gasteiger charge is -2.29. The first-order valence-corrected chi connectivity index (χ1v) is 8.20. The van der Waals surface area contributed by atoms with Crippen LogP contribution in [0.5, 0.6) is 0 Å². The van der Waals surface area contributed by atoms with E-state index in [0.29, 0.717) is 12.1 Å². The Morgan fingerprint density at radius 3 is 2.55 bits per heavy atom. The lowest BCUT2D eigenvalue weighted by atomic mass is 9.87. The monoisotopic (exact) mass is 269 g/mol. The molecule has 5 unspecified atom stereocenters. The predicted molar refractivity (Wildman–Crippen MR) is 85.7 cm³/mol. The van der Waals surface area contributed by atoms with Crippen LogP contribution in [0.1, 0.15) is 38.7 Å². The lowest BCUT2D eigenvalue weighted by molar-refractivity contribution is 0.300. The molecule has 5 atom stereocenters. The van der Waals surface area contributed by atoms with Crippen LogP contribution >= 0.6 is 0 Å². The second kappa shape index (κ2) is 6.13. The van der Waals surface area contributed by atoms with Crippen molar-refractivity contribution in [3.8, 4) is 0 Å². The Kier molecular flexibility index (Phi) is 4.26. The van der Waals surface area contributed by atoms with Crippen molar-refractivity contribution in [1.29, 1.82) is 0 Å². The minimum atomic E-state index is 0.605. The Labute approximate surface area is 123 Å². The van der Waals surface area contributed by atoms with Gasteiger partial charge in [-0.3, -0.25) is 0 Å². The van der Waals surface area contributed by atoms with E-state index in [1.54, 1.807) is 0 Å². The van der Waals surface area contributed by atoms with Crippen LogP contribution in [-0.2, 0) is 6.42 Å². The summed E-state index contributed by atoms with van der Waals surface area (Å²) in [6, 6.07) is 12.1. The van der Waals surface area contributed by atoms with Crippen LogP contribution in [0.4, 0.5) is 0 Å². The Hall–Kier alpha value is -1.08. The number of rotatable bonds is 6. The van der Waals surface area contributed by atoms with E-state index in [2.05, 4.69) is 61.6 Å². The minimum Gasteiger partial charge on any atom is -0.311 e. The highest BCUT2D eigenvalue weighted by molar-refractivity contribution is 5.15. The summed E-state index contributed by atoms with van der Waals surface area (Å²) < 4.78 is 0. The van der Waals surface area contributed by atoms with E-state index in [9.17, 15) is 0 Å². The standard InChI is InChI=1S/C19H27N/c1-14(8-9-16-6-4-3-5-7-16)20-15(2)19-13-17-10-11-18(19)12-17/h3-7,10-11,14-15,17-20H,8-9,12-13H2,1-2H3. The van der Waals surface area contributed by atoms with Crippen LogP contribution in [0.3, 0.4) is 0 Å². The zero-order valence-corrected chi connectivity index (χ0v) is 12.8. The normalized spacial score (nSPS) is 30.6. The van der Waals surface area contributed by atoms with E-state index >= 15 is 0 Å². The predicted octanol–water partition coefficient (Wildman–Crippen LogP) is 4.20. The average Bonchev–Trinajstić information content (AvgIpc) is 3.09. The molecule has 0 saturated heterocycles. The van der Waals surface area contributed by atoms with E-state index in [4.69, 9.17) is 0 Å². The topological polar surface area (TPSA) is 12.0 Å². The molecule has 2 bridgehead atoms. The molecule has 1 N–H and O–H groups in total. The minimum absolute atomic E-state index is 0.605. The van der Waals surface area contributed by atoms with Crippen LogP contribution < -0.4 is 5.32 Å². The highest BCUT2D eigenvalue weighted by Crippen LogP contribution is 2.44. The van der Waals surface area contributed by atoms with E-state index in [1.165, 1.54) is 31.2 Å². The summed E-state index contributed by atoms with van der Waals surface area (Å²) in [5.74, 6) is 2.60. The molecule has 0 aromatic heterocycles. The van der Waals surface area contributed by atoms with Gasteiger partial charge in [0.2, 0.25) is 0 Å². The Balaban J connectivity index is 1.44. The average molecular weight is 269 g/mol. The van der Waals surface area contributed by atoms with Gasteiger partial charge in [-0.1, -0.05) is 42.5 Å². The van der Waals surface area contributed by atoms with Crippen LogP contribution in [0.2, 0.25) is 0 Å². The fraction of sp³-hybridized carbons (Fsp3) is 0.579. The maximum atomic E-state index is 3.84. The molecule has 0 spiro atoms. The number of hydrogen-bond acceptors (Lipinski definition) is 1. The molecule has 1 nitrogen and oxygen atoms in total. The first-order valence-electron chi connectivity index (χ1n) is 8.20. The summed E-state index contributed by atoms with van der Waals surface area (Å²) in [7, 11) is 0. The molecule has 1 aromatic carbocycles. The second-order valence-corrected chi connectivity index (χ2v) is 6.82. The molecule has 0 aliphatic heterocycles. The zero-order chi connectivity index (χ0) is 13.9. The molecule has 2 aliphatic rings. The number of hydrogen-bond donors (Lipinski definition) is 1. The molecular formula is C19H27N. The highest BCUT2D eigenvalue weighted by atomic mass is 14.9. The summed E-state index contributed by atoms with van der Waals surface area (Å²) in [6.07, 6.45) is 10.1. The third kappa shape index (κ3) is 3.15. The van der Waals surface area contributed by atoms with Gasteiger partial charge in [0.15, 0.2) is 0 Å². The molecule has 108 valence electrons. The van der Waals surface area contributed by atoms with E-state index in [0.717, 1.165) is 17.8 Å². The van der Waals surface area contributed by atoms with Gasteiger partial charge in [-0.2, -0.15) is 0 Å². The quantitative estimate of drug-likeness (QED) is 0.763. The van der Waals surface area contributed by atoms with Gasteiger partial charge in [0.1, 0.15) is 0 Å². The molecule has 1 saturated carbocycles. The number of fused-ring (bicyclic) bond motifs is 2. The smallest absolute Gasteiger partial charge is 0.00753 e. The van der Waals surface area contributed by atoms with Gasteiger partial charge < -0.3 is 5.32 Å². The number of benzene rings is 1. The van der Waals surface area contributed by atoms with Gasteiger partial charge in [0.25, 0.3) is 0 Å². The number of allylic oxidation sites excluding steroid dienone is 2. The Bertz CT molecular complexity index is 450.